The lowest BCUT2D eigenvalue weighted by atomic mass is 10.0. The highest BCUT2D eigenvalue weighted by Crippen LogP contribution is 2.28. The number of carbonyl (C=O) groups is 1. The molecule has 4 aromatic rings. The molecule has 0 bridgehead atoms. The zero-order valence-corrected chi connectivity index (χ0v) is 16.8. The van der Waals surface area contributed by atoms with Gasteiger partial charge in [-0.2, -0.15) is 0 Å². The van der Waals surface area contributed by atoms with Crippen molar-refractivity contribution >= 4 is 32.5 Å². The molecular formula is C21H15F2N3O4S. The highest BCUT2D eigenvalue weighted by atomic mass is 32.2. The Balaban J connectivity index is 1.73. The normalized spacial score (nSPS) is 11.5. The maximum Gasteiger partial charge on any atom is 0.261 e. The summed E-state index contributed by atoms with van der Waals surface area (Å²) in [5, 5.41) is 0.385. The van der Waals surface area contributed by atoms with E-state index in [1.165, 1.54) is 43.8 Å². The largest absolute Gasteiger partial charge is 0.497 e. The van der Waals surface area contributed by atoms with Gasteiger partial charge >= 0.3 is 0 Å². The number of nitrogens with one attached hydrogen (secondary N) is 2. The Morgan fingerprint density at radius 1 is 1.10 bits per heavy atom. The molecule has 2 heterocycles. The molecule has 10 heteroatoms. The number of anilines is 1. The molecule has 31 heavy (non-hydrogen) atoms. The fourth-order valence-corrected chi connectivity index (χ4v) is 4.14. The van der Waals surface area contributed by atoms with Gasteiger partial charge in [-0.3, -0.25) is 9.52 Å². The number of aromatic nitrogens is 2. The second-order valence-electron chi connectivity index (χ2n) is 6.50. The Kier molecular flexibility index (Phi) is 5.15. The summed E-state index contributed by atoms with van der Waals surface area (Å²) in [5.74, 6) is -2.94. The van der Waals surface area contributed by atoms with Crippen LogP contribution in [0.5, 0.6) is 5.75 Å². The van der Waals surface area contributed by atoms with Crippen molar-refractivity contribution in [3.05, 3.63) is 83.7 Å². The molecule has 0 fully saturated rings. The molecule has 0 amide bonds. The van der Waals surface area contributed by atoms with Crippen LogP contribution in [-0.4, -0.2) is 31.3 Å². The highest BCUT2D eigenvalue weighted by molar-refractivity contribution is 7.92. The number of methoxy groups -OCH3 is 1. The standard InChI is InChI=1S/C21H15F2N3O4S/c1-30-12-4-6-13(7-5-12)31(28,29)26-17-9-8-16(22)18(19(17)23)20(27)15-11-25-21-14(15)3-2-10-24-21/h2-11,26H,1H3,(H,24,25). The van der Waals surface area contributed by atoms with Crippen LogP contribution in [0.4, 0.5) is 14.5 Å². The van der Waals surface area contributed by atoms with Gasteiger partial charge in [0.25, 0.3) is 10.0 Å². The zero-order valence-electron chi connectivity index (χ0n) is 16.0. The summed E-state index contributed by atoms with van der Waals surface area (Å²) < 4.78 is 61.8. The number of sulfonamides is 1. The Morgan fingerprint density at radius 2 is 1.84 bits per heavy atom. The molecule has 0 atom stereocenters. The number of halogens is 2. The maximum atomic E-state index is 15.1. The number of hydrogen-bond acceptors (Lipinski definition) is 5. The summed E-state index contributed by atoms with van der Waals surface area (Å²) in [4.78, 5) is 19.5. The zero-order chi connectivity index (χ0) is 22.2. The van der Waals surface area contributed by atoms with E-state index in [4.69, 9.17) is 4.74 Å². The number of benzene rings is 2. The molecule has 158 valence electrons. The van der Waals surface area contributed by atoms with Crippen molar-refractivity contribution in [2.45, 2.75) is 4.90 Å². The second kappa shape index (κ2) is 7.80. The van der Waals surface area contributed by atoms with Gasteiger partial charge in [0, 0.05) is 23.3 Å². The van der Waals surface area contributed by atoms with Crippen molar-refractivity contribution in [2.24, 2.45) is 0 Å². The third kappa shape index (κ3) is 3.73. The van der Waals surface area contributed by atoms with Crippen LogP contribution in [0, 0.1) is 11.6 Å². The smallest absolute Gasteiger partial charge is 0.261 e. The Hall–Kier alpha value is -3.79. The molecule has 0 aliphatic carbocycles. The van der Waals surface area contributed by atoms with Crippen molar-refractivity contribution in [3.8, 4) is 5.75 Å². The van der Waals surface area contributed by atoms with Crippen LogP contribution >= 0.6 is 0 Å². The first-order valence-electron chi connectivity index (χ1n) is 8.93. The Labute approximate surface area is 175 Å². The van der Waals surface area contributed by atoms with E-state index < -0.39 is 38.7 Å². The van der Waals surface area contributed by atoms with E-state index >= 15 is 4.39 Å². The summed E-state index contributed by atoms with van der Waals surface area (Å²) in [5.41, 5.74) is -1.04. The minimum Gasteiger partial charge on any atom is -0.497 e. The van der Waals surface area contributed by atoms with Gasteiger partial charge in [0.2, 0.25) is 5.78 Å². The molecule has 0 spiro atoms. The third-order valence-corrected chi connectivity index (χ3v) is 6.01. The molecule has 0 saturated heterocycles. The first-order chi connectivity index (χ1) is 14.8. The first-order valence-corrected chi connectivity index (χ1v) is 10.4. The molecule has 2 N–H and O–H groups in total. The molecule has 0 radical (unpaired) electrons. The van der Waals surface area contributed by atoms with Gasteiger partial charge < -0.3 is 9.72 Å². The van der Waals surface area contributed by atoms with E-state index in [1.54, 1.807) is 12.1 Å². The average molecular weight is 443 g/mol. The van der Waals surface area contributed by atoms with Gasteiger partial charge in [0.05, 0.1) is 23.3 Å². The van der Waals surface area contributed by atoms with Crippen molar-refractivity contribution < 1.29 is 26.7 Å². The van der Waals surface area contributed by atoms with E-state index in [2.05, 4.69) is 14.7 Å². The number of rotatable bonds is 6. The minimum absolute atomic E-state index is 0.0102. The van der Waals surface area contributed by atoms with E-state index in [1.807, 2.05) is 0 Å². The molecule has 0 aliphatic heterocycles. The number of aromatic amines is 1. The molecular weight excluding hydrogens is 428 g/mol. The predicted octanol–water partition coefficient (Wildman–Crippen LogP) is 3.88. The first kappa shape index (κ1) is 20.5. The molecule has 0 saturated carbocycles. The highest BCUT2D eigenvalue weighted by Gasteiger charge is 2.26. The van der Waals surface area contributed by atoms with Crippen molar-refractivity contribution in [3.63, 3.8) is 0 Å². The van der Waals surface area contributed by atoms with Crippen LogP contribution in [0.15, 0.2) is 65.8 Å². The van der Waals surface area contributed by atoms with Gasteiger partial charge in [-0.05, 0) is 48.5 Å². The summed E-state index contributed by atoms with van der Waals surface area (Å²) in [7, 11) is -2.77. The molecule has 4 rings (SSSR count). The van der Waals surface area contributed by atoms with Crippen molar-refractivity contribution in [2.75, 3.05) is 11.8 Å². The van der Waals surface area contributed by atoms with E-state index in [-0.39, 0.29) is 10.5 Å². The van der Waals surface area contributed by atoms with Gasteiger partial charge in [0.1, 0.15) is 17.2 Å². The van der Waals surface area contributed by atoms with Crippen LogP contribution in [0.25, 0.3) is 11.0 Å². The fourth-order valence-electron chi connectivity index (χ4n) is 3.08. The molecule has 2 aromatic carbocycles. The summed E-state index contributed by atoms with van der Waals surface area (Å²) >= 11 is 0. The van der Waals surface area contributed by atoms with E-state index in [0.29, 0.717) is 16.8 Å². The molecule has 0 aliphatic rings. The topological polar surface area (TPSA) is 101 Å². The van der Waals surface area contributed by atoms with E-state index in [9.17, 15) is 17.6 Å². The third-order valence-electron chi connectivity index (χ3n) is 4.63. The lowest BCUT2D eigenvalue weighted by Crippen LogP contribution is -2.16. The fraction of sp³-hybridized carbons (Fsp3) is 0.0476. The number of nitrogens with zero attached hydrogens (tertiary/aromatic N) is 1. The number of ketones is 1. The average Bonchev–Trinajstić information content (AvgIpc) is 3.20. The molecule has 0 unspecified atom stereocenters. The van der Waals surface area contributed by atoms with Gasteiger partial charge in [-0.15, -0.1) is 0 Å². The molecule has 7 nitrogen and oxygen atoms in total. The maximum absolute atomic E-state index is 15.1. The monoisotopic (exact) mass is 443 g/mol. The number of hydrogen-bond donors (Lipinski definition) is 2. The predicted molar refractivity (Wildman–Crippen MR) is 110 cm³/mol. The van der Waals surface area contributed by atoms with E-state index in [0.717, 1.165) is 12.1 Å². The van der Waals surface area contributed by atoms with Crippen molar-refractivity contribution in [1.29, 1.82) is 0 Å². The van der Waals surface area contributed by atoms with Crippen LogP contribution < -0.4 is 9.46 Å². The van der Waals surface area contributed by atoms with Gasteiger partial charge in [-0.1, -0.05) is 0 Å². The van der Waals surface area contributed by atoms with Crippen LogP contribution in [0.2, 0.25) is 0 Å². The van der Waals surface area contributed by atoms with Gasteiger partial charge in [-0.25, -0.2) is 22.2 Å². The molecule has 2 aromatic heterocycles. The van der Waals surface area contributed by atoms with Crippen LogP contribution in [-0.2, 0) is 10.0 Å². The Morgan fingerprint density at radius 3 is 2.55 bits per heavy atom. The second-order valence-corrected chi connectivity index (χ2v) is 8.18. The lowest BCUT2D eigenvalue weighted by Gasteiger charge is -2.12. The number of H-pyrrole nitrogens is 1. The van der Waals surface area contributed by atoms with Crippen LogP contribution in [0.3, 0.4) is 0 Å². The van der Waals surface area contributed by atoms with Crippen molar-refractivity contribution in [1.82, 2.24) is 9.97 Å². The quantitative estimate of drug-likeness (QED) is 0.441. The number of fused-ring (bicyclic) bond motifs is 1. The summed E-state index contributed by atoms with van der Waals surface area (Å²) in [6, 6.07) is 10.3. The van der Waals surface area contributed by atoms with Crippen LogP contribution in [0.1, 0.15) is 15.9 Å². The van der Waals surface area contributed by atoms with Gasteiger partial charge in [0.15, 0.2) is 5.82 Å². The number of ether oxygens (including phenoxy) is 1. The Bertz CT molecular complexity index is 1400. The lowest BCUT2D eigenvalue weighted by molar-refractivity contribution is 0.103. The number of pyridine rings is 1. The number of carbonyl (C=O) groups excluding carboxylic acids is 1. The summed E-state index contributed by atoms with van der Waals surface area (Å²) in [6.45, 7) is 0. The SMILES string of the molecule is COc1ccc(S(=O)(=O)Nc2ccc(F)c(C(=O)c3c[nH]c4ncccc34)c2F)cc1. The minimum atomic E-state index is -4.20. The summed E-state index contributed by atoms with van der Waals surface area (Å²) in [6.07, 6.45) is 2.80.